The summed E-state index contributed by atoms with van der Waals surface area (Å²) in [7, 11) is 2.96. The summed E-state index contributed by atoms with van der Waals surface area (Å²) in [5.74, 6) is -6.39. The van der Waals surface area contributed by atoms with Crippen molar-refractivity contribution in [2.75, 3.05) is 27.2 Å². The van der Waals surface area contributed by atoms with Crippen molar-refractivity contribution in [3.63, 3.8) is 0 Å². The van der Waals surface area contributed by atoms with Gasteiger partial charge in [0.1, 0.15) is 0 Å². The van der Waals surface area contributed by atoms with E-state index in [2.05, 4.69) is 0 Å². The maximum atomic E-state index is 12.9. The lowest BCUT2D eigenvalue weighted by Gasteiger charge is -2.36. The number of likely N-dealkylation sites (tertiary alicyclic amines) is 1. The number of halogens is 4. The molecule has 1 aliphatic rings. The first-order valence-corrected chi connectivity index (χ1v) is 5.38. The van der Waals surface area contributed by atoms with Crippen LogP contribution in [0.3, 0.4) is 0 Å². The minimum Gasteiger partial charge on any atom is -0.336 e. The van der Waals surface area contributed by atoms with E-state index in [0.29, 0.717) is 13.0 Å². The van der Waals surface area contributed by atoms with E-state index in [-0.39, 0.29) is 0 Å². The number of amides is 1. The molecule has 0 N–H and O–H groups in total. The number of piperidine rings is 1. The van der Waals surface area contributed by atoms with Gasteiger partial charge in [-0.1, -0.05) is 0 Å². The molecule has 0 aromatic carbocycles. The Morgan fingerprint density at radius 2 is 2.06 bits per heavy atom. The van der Waals surface area contributed by atoms with Gasteiger partial charge in [0, 0.05) is 19.6 Å². The highest BCUT2D eigenvalue weighted by atomic mass is 19.3. The van der Waals surface area contributed by atoms with Gasteiger partial charge in [0.25, 0.3) is 5.91 Å². The number of hydrogen-bond donors (Lipinski definition) is 0. The predicted molar refractivity (Wildman–Crippen MR) is 54.2 cm³/mol. The first kappa shape index (κ1) is 14.2. The maximum Gasteiger partial charge on any atom is 0.383 e. The van der Waals surface area contributed by atoms with Crippen LogP contribution in [0.15, 0.2) is 0 Å². The van der Waals surface area contributed by atoms with Crippen LogP contribution in [0.5, 0.6) is 0 Å². The van der Waals surface area contributed by atoms with E-state index >= 15 is 0 Å². The molecule has 1 fully saturated rings. The largest absolute Gasteiger partial charge is 0.383 e. The van der Waals surface area contributed by atoms with Gasteiger partial charge < -0.3 is 9.80 Å². The molecule has 1 atom stereocenters. The van der Waals surface area contributed by atoms with E-state index in [1.807, 2.05) is 4.90 Å². The third-order valence-electron chi connectivity index (χ3n) is 3.03. The predicted octanol–water partition coefficient (Wildman–Crippen LogP) is 1.44. The minimum absolute atomic E-state index is 0.425. The van der Waals surface area contributed by atoms with Gasteiger partial charge >= 0.3 is 12.3 Å². The Morgan fingerprint density at radius 1 is 1.47 bits per heavy atom. The molecule has 0 saturated carbocycles. The van der Waals surface area contributed by atoms with Crippen LogP contribution in [0.4, 0.5) is 17.6 Å². The summed E-state index contributed by atoms with van der Waals surface area (Å²) in [6.07, 6.45) is -2.64. The highest BCUT2D eigenvalue weighted by molar-refractivity contribution is 5.84. The summed E-state index contributed by atoms with van der Waals surface area (Å²) in [4.78, 5) is 13.9. The fourth-order valence-corrected chi connectivity index (χ4v) is 1.95. The first-order valence-electron chi connectivity index (χ1n) is 5.38. The van der Waals surface area contributed by atoms with Crippen molar-refractivity contribution in [1.82, 2.24) is 9.80 Å². The fraction of sp³-hybridized carbons (Fsp3) is 0.900. The van der Waals surface area contributed by atoms with Gasteiger partial charge in [-0.15, -0.1) is 0 Å². The Kier molecular flexibility index (Phi) is 4.35. The van der Waals surface area contributed by atoms with Crippen LogP contribution in [-0.2, 0) is 4.79 Å². The number of alkyl halides is 4. The van der Waals surface area contributed by atoms with Crippen LogP contribution in [0.25, 0.3) is 0 Å². The zero-order valence-corrected chi connectivity index (χ0v) is 9.80. The lowest BCUT2D eigenvalue weighted by Crippen LogP contribution is -2.54. The quantitative estimate of drug-likeness (QED) is 0.713. The molecule has 1 saturated heterocycles. The van der Waals surface area contributed by atoms with Crippen molar-refractivity contribution in [2.24, 2.45) is 0 Å². The van der Waals surface area contributed by atoms with Crippen LogP contribution >= 0.6 is 0 Å². The average molecular weight is 256 g/mol. The fourth-order valence-electron chi connectivity index (χ4n) is 1.95. The molecule has 0 aromatic rings. The molecule has 1 unspecified atom stereocenters. The third-order valence-corrected chi connectivity index (χ3v) is 3.03. The van der Waals surface area contributed by atoms with Crippen LogP contribution in [-0.4, -0.2) is 61.3 Å². The molecule has 0 aromatic heterocycles. The maximum absolute atomic E-state index is 12.9. The van der Waals surface area contributed by atoms with Crippen LogP contribution in [0.2, 0.25) is 0 Å². The van der Waals surface area contributed by atoms with Crippen molar-refractivity contribution in [3.05, 3.63) is 0 Å². The lowest BCUT2D eigenvalue weighted by atomic mass is 10.0. The summed E-state index contributed by atoms with van der Waals surface area (Å²) >= 11 is 0. The van der Waals surface area contributed by atoms with E-state index in [0.717, 1.165) is 24.9 Å². The third kappa shape index (κ3) is 3.08. The second-order valence-electron chi connectivity index (χ2n) is 4.40. The van der Waals surface area contributed by atoms with Gasteiger partial charge in [-0.3, -0.25) is 4.79 Å². The summed E-state index contributed by atoms with van der Waals surface area (Å²) in [5.41, 5.74) is 0. The Hall–Kier alpha value is -0.850. The number of rotatable bonds is 3. The summed E-state index contributed by atoms with van der Waals surface area (Å²) in [6.45, 7) is 1.26. The Morgan fingerprint density at radius 3 is 2.53 bits per heavy atom. The van der Waals surface area contributed by atoms with Crippen molar-refractivity contribution >= 4 is 5.91 Å². The molecule has 7 heteroatoms. The van der Waals surface area contributed by atoms with Crippen LogP contribution < -0.4 is 0 Å². The second-order valence-corrected chi connectivity index (χ2v) is 4.40. The molecule has 0 aliphatic carbocycles. The molecule has 3 nitrogen and oxygen atoms in total. The number of carbonyl (C=O) groups excluding carboxylic acids is 1. The molecule has 1 heterocycles. The van der Waals surface area contributed by atoms with E-state index in [4.69, 9.17) is 0 Å². The van der Waals surface area contributed by atoms with Crippen molar-refractivity contribution < 1.29 is 22.4 Å². The van der Waals surface area contributed by atoms with Gasteiger partial charge in [0.2, 0.25) is 0 Å². The van der Waals surface area contributed by atoms with Gasteiger partial charge in [0.05, 0.1) is 0 Å². The zero-order chi connectivity index (χ0) is 13.2. The molecular formula is C10H16F4N2O. The number of hydrogen-bond acceptors (Lipinski definition) is 2. The first-order chi connectivity index (χ1) is 7.76. The standard InChI is InChI=1S/C10H16F4N2O/c1-15-5-3-4-7(6-15)16(2)9(17)10(13,14)8(11)12/h7-8H,3-6H2,1-2H3. The van der Waals surface area contributed by atoms with Gasteiger partial charge in [-0.2, -0.15) is 8.78 Å². The molecule has 1 aliphatic heterocycles. The number of carbonyl (C=O) groups is 1. The summed E-state index contributed by atoms with van der Waals surface area (Å²) < 4.78 is 49.9. The zero-order valence-electron chi connectivity index (χ0n) is 9.80. The summed E-state index contributed by atoms with van der Waals surface area (Å²) in [6, 6.07) is -0.425. The molecule has 1 amide bonds. The van der Waals surface area contributed by atoms with Crippen molar-refractivity contribution in [1.29, 1.82) is 0 Å². The molecule has 0 radical (unpaired) electrons. The minimum atomic E-state index is -4.59. The normalized spacial score (nSPS) is 22.9. The number of nitrogens with zero attached hydrogens (tertiary/aromatic N) is 2. The van der Waals surface area contributed by atoms with Crippen molar-refractivity contribution in [2.45, 2.75) is 31.2 Å². The average Bonchev–Trinajstić information content (AvgIpc) is 2.26. The van der Waals surface area contributed by atoms with Crippen LogP contribution in [0.1, 0.15) is 12.8 Å². The van der Waals surface area contributed by atoms with E-state index < -0.39 is 24.3 Å². The Balaban J connectivity index is 2.69. The monoisotopic (exact) mass is 256 g/mol. The summed E-state index contributed by atoms with van der Waals surface area (Å²) in [5, 5.41) is 0. The number of likely N-dealkylation sites (N-methyl/N-ethyl adjacent to an activating group) is 2. The smallest absolute Gasteiger partial charge is 0.336 e. The van der Waals surface area contributed by atoms with Gasteiger partial charge in [-0.25, -0.2) is 8.78 Å². The highest BCUT2D eigenvalue weighted by Crippen LogP contribution is 2.27. The second kappa shape index (κ2) is 5.20. The SMILES string of the molecule is CN1CCCC(N(C)C(=O)C(F)(F)C(F)F)C1. The highest BCUT2D eigenvalue weighted by Gasteiger charge is 2.51. The molecule has 0 bridgehead atoms. The molecule has 100 valence electrons. The Bertz CT molecular complexity index is 285. The lowest BCUT2D eigenvalue weighted by molar-refractivity contribution is -0.182. The molecule has 17 heavy (non-hydrogen) atoms. The van der Waals surface area contributed by atoms with E-state index in [1.165, 1.54) is 0 Å². The van der Waals surface area contributed by atoms with Gasteiger partial charge in [-0.05, 0) is 26.4 Å². The van der Waals surface area contributed by atoms with Gasteiger partial charge in [0.15, 0.2) is 0 Å². The molecule has 0 spiro atoms. The van der Waals surface area contributed by atoms with E-state index in [1.54, 1.807) is 7.05 Å². The van der Waals surface area contributed by atoms with E-state index in [9.17, 15) is 22.4 Å². The van der Waals surface area contributed by atoms with Crippen LogP contribution in [0, 0.1) is 0 Å². The molecular weight excluding hydrogens is 240 g/mol. The molecule has 1 rings (SSSR count). The van der Waals surface area contributed by atoms with Crippen molar-refractivity contribution in [3.8, 4) is 0 Å². The Labute approximate surface area is 97.4 Å². The topological polar surface area (TPSA) is 23.6 Å².